The molecule has 3 N–H and O–H groups in total. The molecule has 1 aliphatic heterocycles. The zero-order valence-corrected chi connectivity index (χ0v) is 16.4. The summed E-state index contributed by atoms with van der Waals surface area (Å²) in [4.78, 5) is 24.6. The number of anilines is 2. The standard InChI is InChI=1S/C22H20N4O4/c1-13-7-9-14(10-8-13)18-11-17(22(28)29)24-20-15(12-23-26(18)20)21(27)25-16-5-3-4-6-19(16)30-2/h3-12,18,24H,1-2H3,(H,25,27)(H,28,29). The Balaban J connectivity index is 1.72. The number of carboxylic acids is 1. The zero-order chi connectivity index (χ0) is 21.3. The number of fused-ring (bicyclic) bond motifs is 1. The van der Waals surface area contributed by atoms with E-state index in [0.717, 1.165) is 11.1 Å². The molecule has 1 aliphatic rings. The number of methoxy groups -OCH3 is 1. The van der Waals surface area contributed by atoms with Crippen molar-refractivity contribution in [1.29, 1.82) is 0 Å². The van der Waals surface area contributed by atoms with E-state index in [1.165, 1.54) is 13.3 Å². The molecule has 2 heterocycles. The van der Waals surface area contributed by atoms with Gasteiger partial charge in [-0.25, -0.2) is 9.48 Å². The maximum atomic E-state index is 13.0. The van der Waals surface area contributed by atoms with Crippen LogP contribution >= 0.6 is 0 Å². The highest BCUT2D eigenvalue weighted by atomic mass is 16.5. The molecule has 0 saturated heterocycles. The van der Waals surface area contributed by atoms with Gasteiger partial charge in [0, 0.05) is 0 Å². The Hall–Kier alpha value is -4.07. The van der Waals surface area contributed by atoms with E-state index in [1.807, 2.05) is 31.2 Å². The average molecular weight is 404 g/mol. The summed E-state index contributed by atoms with van der Waals surface area (Å²) in [6, 6.07) is 14.3. The molecule has 152 valence electrons. The number of carbonyl (C=O) groups is 2. The quantitative estimate of drug-likeness (QED) is 0.602. The number of nitrogens with one attached hydrogen (secondary N) is 2. The monoisotopic (exact) mass is 404 g/mol. The Bertz CT molecular complexity index is 1150. The summed E-state index contributed by atoms with van der Waals surface area (Å²) in [7, 11) is 1.52. The molecular weight excluding hydrogens is 384 g/mol. The molecule has 0 aliphatic carbocycles. The van der Waals surface area contributed by atoms with Gasteiger partial charge >= 0.3 is 5.97 Å². The van der Waals surface area contributed by atoms with Gasteiger partial charge in [-0.15, -0.1) is 0 Å². The van der Waals surface area contributed by atoms with Crippen molar-refractivity contribution in [3.63, 3.8) is 0 Å². The fourth-order valence-corrected chi connectivity index (χ4v) is 3.32. The zero-order valence-electron chi connectivity index (χ0n) is 16.4. The number of para-hydroxylation sites is 2. The number of amides is 1. The maximum absolute atomic E-state index is 13.0. The van der Waals surface area contributed by atoms with Crippen molar-refractivity contribution in [2.24, 2.45) is 0 Å². The van der Waals surface area contributed by atoms with E-state index >= 15 is 0 Å². The molecule has 4 rings (SSSR count). The predicted molar refractivity (Wildman–Crippen MR) is 112 cm³/mol. The number of carbonyl (C=O) groups excluding carboxylic acids is 1. The lowest BCUT2D eigenvalue weighted by atomic mass is 10.0. The van der Waals surface area contributed by atoms with Crippen LogP contribution in [-0.4, -0.2) is 33.9 Å². The van der Waals surface area contributed by atoms with Gasteiger partial charge in [-0.05, 0) is 30.7 Å². The summed E-state index contributed by atoms with van der Waals surface area (Å²) in [5, 5.41) is 19.5. The number of aliphatic carboxylic acids is 1. The van der Waals surface area contributed by atoms with Gasteiger partial charge in [0.1, 0.15) is 22.8 Å². The number of allylic oxidation sites excluding steroid dienone is 1. The van der Waals surface area contributed by atoms with E-state index in [4.69, 9.17) is 4.74 Å². The third kappa shape index (κ3) is 3.50. The summed E-state index contributed by atoms with van der Waals surface area (Å²) in [5.41, 5.74) is 2.67. The highest BCUT2D eigenvalue weighted by Gasteiger charge is 2.29. The first-order valence-electron chi connectivity index (χ1n) is 9.28. The van der Waals surface area contributed by atoms with Crippen molar-refractivity contribution in [3.8, 4) is 5.75 Å². The Kier molecular flexibility index (Phi) is 4.97. The van der Waals surface area contributed by atoms with Crippen LogP contribution in [0.5, 0.6) is 5.75 Å². The molecule has 2 aromatic carbocycles. The van der Waals surface area contributed by atoms with Crippen molar-refractivity contribution in [2.75, 3.05) is 17.7 Å². The van der Waals surface area contributed by atoms with Crippen molar-refractivity contribution in [1.82, 2.24) is 9.78 Å². The van der Waals surface area contributed by atoms with Crippen LogP contribution in [0.15, 0.2) is 66.5 Å². The largest absolute Gasteiger partial charge is 0.495 e. The topological polar surface area (TPSA) is 105 Å². The number of nitrogens with zero attached hydrogens (tertiary/aromatic N) is 2. The lowest BCUT2D eigenvalue weighted by Crippen LogP contribution is -2.25. The van der Waals surface area contributed by atoms with Crippen LogP contribution < -0.4 is 15.4 Å². The third-order valence-electron chi connectivity index (χ3n) is 4.89. The number of rotatable bonds is 5. The van der Waals surface area contributed by atoms with Gasteiger partial charge < -0.3 is 20.5 Å². The average Bonchev–Trinajstić information content (AvgIpc) is 3.18. The van der Waals surface area contributed by atoms with Crippen molar-refractivity contribution in [2.45, 2.75) is 13.0 Å². The highest BCUT2D eigenvalue weighted by molar-refractivity contribution is 6.09. The van der Waals surface area contributed by atoms with Crippen LogP contribution in [0.2, 0.25) is 0 Å². The smallest absolute Gasteiger partial charge is 0.352 e. The molecule has 1 amide bonds. The van der Waals surface area contributed by atoms with Crippen LogP contribution in [0.1, 0.15) is 27.5 Å². The van der Waals surface area contributed by atoms with Gasteiger partial charge in [-0.1, -0.05) is 42.0 Å². The molecule has 8 heteroatoms. The minimum absolute atomic E-state index is 0.0140. The van der Waals surface area contributed by atoms with Gasteiger partial charge in [0.25, 0.3) is 5.91 Å². The summed E-state index contributed by atoms with van der Waals surface area (Å²) < 4.78 is 6.88. The van der Waals surface area contributed by atoms with Crippen LogP contribution in [0.4, 0.5) is 11.5 Å². The minimum Gasteiger partial charge on any atom is -0.495 e. The normalized spacial score (nSPS) is 14.9. The van der Waals surface area contributed by atoms with Crippen molar-refractivity contribution in [3.05, 3.63) is 83.2 Å². The van der Waals surface area contributed by atoms with Gasteiger partial charge in [0.15, 0.2) is 0 Å². The SMILES string of the molecule is COc1ccccc1NC(=O)c1cnn2c1NC(C(=O)O)=CC2c1ccc(C)cc1. The van der Waals surface area contributed by atoms with Gasteiger partial charge in [0.05, 0.1) is 25.0 Å². The maximum Gasteiger partial charge on any atom is 0.352 e. The molecule has 30 heavy (non-hydrogen) atoms. The molecule has 1 unspecified atom stereocenters. The molecule has 0 spiro atoms. The third-order valence-corrected chi connectivity index (χ3v) is 4.89. The first-order chi connectivity index (χ1) is 14.5. The van der Waals surface area contributed by atoms with Gasteiger partial charge in [0.2, 0.25) is 0 Å². The first-order valence-corrected chi connectivity index (χ1v) is 9.28. The predicted octanol–water partition coefficient (Wildman–Crippen LogP) is 3.44. The number of benzene rings is 2. The molecule has 0 bridgehead atoms. The number of aryl methyl sites for hydroxylation is 1. The van der Waals surface area contributed by atoms with Crippen LogP contribution in [0.25, 0.3) is 0 Å². The molecule has 3 aromatic rings. The molecule has 1 atom stereocenters. The van der Waals surface area contributed by atoms with Crippen LogP contribution in [0, 0.1) is 6.92 Å². The van der Waals surface area contributed by atoms with Gasteiger partial charge in [-0.2, -0.15) is 5.10 Å². The summed E-state index contributed by atoms with van der Waals surface area (Å²) in [6.45, 7) is 1.98. The minimum atomic E-state index is -1.12. The summed E-state index contributed by atoms with van der Waals surface area (Å²) in [6.07, 6.45) is 3.00. The fourth-order valence-electron chi connectivity index (χ4n) is 3.32. The summed E-state index contributed by atoms with van der Waals surface area (Å²) in [5.74, 6) is -0.713. The van der Waals surface area contributed by atoms with Crippen LogP contribution in [-0.2, 0) is 4.79 Å². The second-order valence-electron chi connectivity index (χ2n) is 6.87. The van der Waals surface area contributed by atoms with E-state index in [0.29, 0.717) is 17.3 Å². The number of hydrogen-bond donors (Lipinski definition) is 3. The Morgan fingerprint density at radius 2 is 1.90 bits per heavy atom. The number of ether oxygens (including phenoxy) is 1. The summed E-state index contributed by atoms with van der Waals surface area (Å²) >= 11 is 0. The second kappa shape index (κ2) is 7.75. The fraction of sp³-hybridized carbons (Fsp3) is 0.136. The Morgan fingerprint density at radius 1 is 1.17 bits per heavy atom. The molecule has 1 aromatic heterocycles. The lowest BCUT2D eigenvalue weighted by molar-refractivity contribution is -0.132. The van der Waals surface area contributed by atoms with E-state index < -0.39 is 17.9 Å². The van der Waals surface area contributed by atoms with E-state index in [-0.39, 0.29) is 11.3 Å². The van der Waals surface area contributed by atoms with Crippen LogP contribution in [0.3, 0.4) is 0 Å². The van der Waals surface area contributed by atoms with E-state index in [9.17, 15) is 14.7 Å². The lowest BCUT2D eigenvalue weighted by Gasteiger charge is -2.24. The molecule has 0 fully saturated rings. The number of hydrogen-bond acceptors (Lipinski definition) is 5. The molecule has 8 nitrogen and oxygen atoms in total. The number of carboxylic acid groups (broad SMARTS) is 1. The second-order valence-corrected chi connectivity index (χ2v) is 6.87. The molecule has 0 radical (unpaired) electrons. The van der Waals surface area contributed by atoms with Crippen molar-refractivity contribution >= 4 is 23.4 Å². The van der Waals surface area contributed by atoms with E-state index in [1.54, 1.807) is 35.0 Å². The first kappa shape index (κ1) is 19.3. The molecular formula is C22H20N4O4. The van der Waals surface area contributed by atoms with E-state index in [2.05, 4.69) is 15.7 Å². The van der Waals surface area contributed by atoms with Gasteiger partial charge in [-0.3, -0.25) is 4.79 Å². The Labute approximate surface area is 172 Å². The Morgan fingerprint density at radius 3 is 2.60 bits per heavy atom. The van der Waals surface area contributed by atoms with Crippen molar-refractivity contribution < 1.29 is 19.4 Å². The molecule has 0 saturated carbocycles. The highest BCUT2D eigenvalue weighted by Crippen LogP contribution is 2.33. The number of aromatic nitrogens is 2.